The molecule has 0 bridgehead atoms. The van der Waals surface area contributed by atoms with Gasteiger partial charge >= 0.3 is 5.69 Å². The lowest BCUT2D eigenvalue weighted by Crippen LogP contribution is -2.59. The molecule has 1 saturated carbocycles. The van der Waals surface area contributed by atoms with E-state index in [4.69, 9.17) is 4.98 Å². The summed E-state index contributed by atoms with van der Waals surface area (Å²) in [6, 6.07) is 21.5. The van der Waals surface area contributed by atoms with Crippen molar-refractivity contribution < 1.29 is 24.0 Å². The van der Waals surface area contributed by atoms with E-state index in [0.717, 1.165) is 52.6 Å². The molecule has 5 amide bonds. The normalized spacial score (nSPS) is 19.3. The van der Waals surface area contributed by atoms with Gasteiger partial charge in [-0.25, -0.2) is 19.3 Å². The van der Waals surface area contributed by atoms with E-state index in [9.17, 15) is 28.8 Å². The van der Waals surface area contributed by atoms with Gasteiger partial charge in [0.25, 0.3) is 5.91 Å². The van der Waals surface area contributed by atoms with E-state index in [0.29, 0.717) is 67.6 Å². The average Bonchev–Trinajstić information content (AvgIpc) is 4.21. The Morgan fingerprint density at radius 2 is 1.54 bits per heavy atom. The van der Waals surface area contributed by atoms with Crippen LogP contribution in [0, 0.1) is 0 Å². The first-order valence-corrected chi connectivity index (χ1v) is 23.3. The van der Waals surface area contributed by atoms with Crippen LogP contribution in [0.3, 0.4) is 0 Å². The third-order valence-corrected chi connectivity index (χ3v) is 13.8. The lowest BCUT2D eigenvalue weighted by molar-refractivity contribution is -0.144. The molecule has 17 heteroatoms. The molecule has 3 fully saturated rings. The Bertz CT molecular complexity index is 3050. The van der Waals surface area contributed by atoms with E-state index in [-0.39, 0.29) is 23.9 Å². The molecule has 68 heavy (non-hydrogen) atoms. The maximum atomic E-state index is 14.6. The molecule has 4 aliphatic rings. The van der Waals surface area contributed by atoms with Gasteiger partial charge in [-0.15, -0.1) is 0 Å². The summed E-state index contributed by atoms with van der Waals surface area (Å²) >= 11 is 0. The molecule has 346 valence electrons. The highest BCUT2D eigenvalue weighted by molar-refractivity contribution is 6.00. The number of fused-ring (bicyclic) bond motifs is 3. The van der Waals surface area contributed by atoms with Crippen LogP contribution in [0.2, 0.25) is 0 Å². The number of benzene rings is 2. The summed E-state index contributed by atoms with van der Waals surface area (Å²) in [5, 5.41) is 16.6. The smallest absolute Gasteiger partial charge is 0.345 e. The monoisotopic (exact) mass is 913 g/mol. The van der Waals surface area contributed by atoms with Crippen LogP contribution >= 0.6 is 0 Å². The van der Waals surface area contributed by atoms with Crippen LogP contribution in [-0.2, 0) is 24.7 Å². The Kier molecular flexibility index (Phi) is 12.0. The number of nitrogens with one attached hydrogen (secondary N) is 4. The Labute approximate surface area is 391 Å². The molecule has 3 aliphatic heterocycles. The van der Waals surface area contributed by atoms with Crippen molar-refractivity contribution >= 4 is 52.3 Å². The van der Waals surface area contributed by atoms with Gasteiger partial charge in [0.05, 0.1) is 16.7 Å². The van der Waals surface area contributed by atoms with Gasteiger partial charge in [-0.1, -0.05) is 60.7 Å². The first kappa shape index (κ1) is 44.0. The summed E-state index contributed by atoms with van der Waals surface area (Å²) in [7, 11) is 0. The molecule has 17 nitrogen and oxygen atoms in total. The lowest BCUT2D eigenvalue weighted by atomic mass is 9.71. The minimum absolute atomic E-state index is 0.132. The molecular weight excluding hydrogens is 863 g/mol. The Hall–Kier alpha value is -7.82. The first-order valence-electron chi connectivity index (χ1n) is 23.3. The molecule has 4 atom stereocenters. The summed E-state index contributed by atoms with van der Waals surface area (Å²) in [4.78, 5) is 98.7. The van der Waals surface area contributed by atoms with E-state index in [2.05, 4.69) is 36.1 Å². The predicted octanol–water partition coefficient (Wildman–Crippen LogP) is 4.83. The van der Waals surface area contributed by atoms with Crippen LogP contribution in [0.25, 0.3) is 38.9 Å². The fraction of sp³-hybridized carbons (Fsp3) is 0.333. The maximum Gasteiger partial charge on any atom is 0.347 e. The highest BCUT2D eigenvalue weighted by Crippen LogP contribution is 2.43. The number of hydrogen-bond donors (Lipinski definition) is 4. The molecule has 0 radical (unpaired) electrons. The van der Waals surface area contributed by atoms with Gasteiger partial charge in [-0.05, 0) is 87.3 Å². The van der Waals surface area contributed by atoms with Gasteiger partial charge < -0.3 is 25.8 Å². The van der Waals surface area contributed by atoms with Crippen molar-refractivity contribution in [2.24, 2.45) is 4.99 Å². The topological polar surface area (TPSA) is 216 Å². The molecule has 4 aromatic heterocycles. The standard InChI is InChI=1S/C51H51N11O6/c1-31(54-45(63)34-18-24-52-25-19-34)48(66)60-26-6-12-41(60)46(64)56-40(29-36-11-5-23-53-36)49(67)61-27-7-13-42(61)47(65)57-51(21-8-22-51)35-16-14-33(15-17-35)43-37(32-9-3-2-4-10-32)30-38-39(55-43)20-28-62-44(38)58-59-50(62)68/h2-4,9-11,14-20,23-25,28,30-31,40-42H,5-8,12-13,21-22,26-27,29H2,1H3,(H,54,63)(H,56,64)(H,57,65)(H,59,68)/t31-,40+,41+,42+/m1/s1. The van der Waals surface area contributed by atoms with E-state index in [1.165, 1.54) is 21.7 Å². The molecule has 0 unspecified atom stereocenters. The van der Waals surface area contributed by atoms with Gasteiger partial charge in [0.2, 0.25) is 23.6 Å². The zero-order valence-corrected chi connectivity index (χ0v) is 37.6. The summed E-state index contributed by atoms with van der Waals surface area (Å²) < 4.78 is 1.47. The van der Waals surface area contributed by atoms with Crippen molar-refractivity contribution in [1.29, 1.82) is 0 Å². The number of aromatic amines is 1. The number of allylic oxidation sites excluding steroid dienone is 1. The Morgan fingerprint density at radius 1 is 0.824 bits per heavy atom. The van der Waals surface area contributed by atoms with Crippen molar-refractivity contribution in [3.8, 4) is 22.4 Å². The van der Waals surface area contributed by atoms with Crippen LogP contribution in [-0.4, -0.2) is 107 Å². The summed E-state index contributed by atoms with van der Waals surface area (Å²) in [5.74, 6) is -1.92. The minimum atomic E-state index is -1.03. The minimum Gasteiger partial charge on any atom is -0.345 e. The fourth-order valence-electron chi connectivity index (χ4n) is 10.1. The zero-order chi connectivity index (χ0) is 46.9. The van der Waals surface area contributed by atoms with Crippen molar-refractivity contribution in [3.05, 3.63) is 131 Å². The summed E-state index contributed by atoms with van der Waals surface area (Å²) in [5.41, 5.74) is 5.68. The van der Waals surface area contributed by atoms with E-state index in [1.54, 1.807) is 42.4 Å². The largest absolute Gasteiger partial charge is 0.347 e. The van der Waals surface area contributed by atoms with Crippen molar-refractivity contribution in [2.45, 2.75) is 94.4 Å². The second-order valence-corrected chi connectivity index (χ2v) is 18.0. The molecule has 10 rings (SSSR count). The lowest BCUT2D eigenvalue weighted by Gasteiger charge is -2.44. The third kappa shape index (κ3) is 8.43. The van der Waals surface area contributed by atoms with Crippen LogP contribution in [0.1, 0.15) is 80.6 Å². The van der Waals surface area contributed by atoms with Gasteiger partial charge in [0.1, 0.15) is 24.2 Å². The number of H-pyrrole nitrogens is 1. The summed E-state index contributed by atoms with van der Waals surface area (Å²) in [6.07, 6.45) is 13.5. The maximum absolute atomic E-state index is 14.6. The van der Waals surface area contributed by atoms with Gasteiger partial charge in [0, 0.05) is 78.5 Å². The Balaban J connectivity index is 0.852. The second-order valence-electron chi connectivity index (χ2n) is 18.0. The number of hydrogen-bond acceptors (Lipinski definition) is 10. The first-order chi connectivity index (χ1) is 33.1. The SMILES string of the molecule is C[C@@H](NC(=O)c1ccncc1)C(=O)N1CCC[C@H]1C(=O)N[C@@H](CC1=CCC=N1)C(=O)N1CCC[C@H]1C(=O)NC1(c2ccc(-c3nc4ccn5c(=O)[nH]nc5c4cc3-c3ccccc3)cc2)CCC1. The molecule has 7 heterocycles. The molecule has 1 aliphatic carbocycles. The van der Waals surface area contributed by atoms with E-state index >= 15 is 0 Å². The molecule has 2 saturated heterocycles. The second kappa shape index (κ2) is 18.5. The average molecular weight is 914 g/mol. The highest BCUT2D eigenvalue weighted by Gasteiger charge is 2.45. The van der Waals surface area contributed by atoms with E-state index in [1.807, 2.05) is 66.7 Å². The number of aromatic nitrogens is 5. The quantitative estimate of drug-likeness (QED) is 0.125. The highest BCUT2D eigenvalue weighted by atomic mass is 16.2. The Morgan fingerprint density at radius 3 is 2.24 bits per heavy atom. The number of nitrogens with zero attached hydrogens (tertiary/aromatic N) is 7. The van der Waals surface area contributed by atoms with Crippen LogP contribution in [0.4, 0.5) is 0 Å². The molecule has 6 aromatic rings. The zero-order valence-electron chi connectivity index (χ0n) is 37.6. The number of rotatable bonds is 13. The van der Waals surface area contributed by atoms with Crippen molar-refractivity contribution in [1.82, 2.24) is 50.3 Å². The van der Waals surface area contributed by atoms with Crippen LogP contribution < -0.4 is 21.6 Å². The third-order valence-electron chi connectivity index (χ3n) is 13.8. The molecule has 0 spiro atoms. The fourth-order valence-corrected chi connectivity index (χ4v) is 10.1. The van der Waals surface area contributed by atoms with Crippen molar-refractivity contribution in [3.63, 3.8) is 0 Å². The van der Waals surface area contributed by atoms with Gasteiger partial charge in [0.15, 0.2) is 5.65 Å². The van der Waals surface area contributed by atoms with Crippen LogP contribution in [0.5, 0.6) is 0 Å². The van der Waals surface area contributed by atoms with Crippen LogP contribution in [0.15, 0.2) is 119 Å². The number of likely N-dealkylation sites (tertiary alicyclic amines) is 2. The number of amides is 5. The number of carbonyl (C=O) groups excluding carboxylic acids is 5. The number of aliphatic imine (C=N–C) groups is 1. The van der Waals surface area contributed by atoms with E-state index < -0.39 is 47.4 Å². The summed E-state index contributed by atoms with van der Waals surface area (Å²) in [6.45, 7) is 2.26. The number of pyridine rings is 3. The molecule has 2 aromatic carbocycles. The molecular formula is C51H51N11O6. The predicted molar refractivity (Wildman–Crippen MR) is 254 cm³/mol. The number of carbonyl (C=O) groups is 5. The van der Waals surface area contributed by atoms with Crippen molar-refractivity contribution in [2.75, 3.05) is 13.1 Å². The molecule has 4 N–H and O–H groups in total. The van der Waals surface area contributed by atoms with Gasteiger partial charge in [-0.3, -0.25) is 33.9 Å². The van der Waals surface area contributed by atoms with Gasteiger partial charge in [-0.2, -0.15) is 5.10 Å².